The Labute approximate surface area is 844 Å². The van der Waals surface area contributed by atoms with Gasteiger partial charge in [-0.05, 0) is 133 Å². The number of non-ortho nitro benzene ring substituents is 2. The van der Waals surface area contributed by atoms with Gasteiger partial charge in [0, 0.05) is 239 Å². The first-order chi connectivity index (χ1) is 67.8. The van der Waals surface area contributed by atoms with E-state index in [-0.39, 0.29) is 152 Å². The molecule has 12 aromatic carbocycles. The Morgan fingerprint density at radius 1 is 0.232 bits per heavy atom. The quantitative estimate of drug-likeness (QED) is 0.00771. The van der Waals surface area contributed by atoms with Crippen LogP contribution in [0.25, 0.3) is 0 Å². The molecule has 0 spiro atoms. The molecule has 0 heterocycles. The molecule has 12 rings (SSSR count). The number of phenolic OH excluding ortho intramolecular Hbond substituents is 16. The predicted octanol–water partition coefficient (Wildman–Crippen LogP) is 18.5. The van der Waals surface area contributed by atoms with E-state index in [9.17, 15) is 102 Å². The number of hydrogen-bond acceptors (Lipinski definition) is 34. The Hall–Kier alpha value is -16.4. The molecule has 0 fully saturated rings. The molecular formula is C100H98Cl6N16O20. The molecule has 0 atom stereocenters. The van der Waals surface area contributed by atoms with Crippen LogP contribution in [0.15, 0.2) is 266 Å². The molecule has 36 nitrogen and oxygen atoms in total. The van der Waals surface area contributed by atoms with Crippen LogP contribution in [-0.2, 0) is 0 Å². The van der Waals surface area contributed by atoms with Gasteiger partial charge in [0.05, 0.1) is 121 Å². The van der Waals surface area contributed by atoms with Gasteiger partial charge < -0.3 is 91.5 Å². The van der Waals surface area contributed by atoms with Crippen molar-refractivity contribution in [2.24, 2.45) is 59.9 Å². The molecule has 142 heavy (non-hydrogen) atoms. The van der Waals surface area contributed by atoms with E-state index in [2.05, 4.69) is 59.9 Å². The van der Waals surface area contributed by atoms with Crippen molar-refractivity contribution in [1.82, 2.24) is 0 Å². The zero-order valence-corrected chi connectivity index (χ0v) is 80.8. The number of aromatic hydroxyl groups is 16. The minimum Gasteiger partial charge on any atom is -0.508 e. The van der Waals surface area contributed by atoms with Gasteiger partial charge in [-0.2, -0.15) is 0 Å². The summed E-state index contributed by atoms with van der Waals surface area (Å²) >= 11 is 35.1. The number of halogens is 6. The van der Waals surface area contributed by atoms with Gasteiger partial charge in [0.1, 0.15) is 92.0 Å². The average Bonchev–Trinajstić information content (AvgIpc) is 0.862. The first-order valence-electron chi connectivity index (χ1n) is 42.2. The summed E-state index contributed by atoms with van der Waals surface area (Å²) in [6, 6.07) is 51.4. The lowest BCUT2D eigenvalue weighted by Gasteiger charge is -2.13. The van der Waals surface area contributed by atoms with Crippen LogP contribution in [0, 0.1) is 20.2 Å². The summed E-state index contributed by atoms with van der Waals surface area (Å²) in [4.78, 5) is 73.7. The summed E-state index contributed by atoms with van der Waals surface area (Å²) in [5.74, 6) is -1.02. The van der Waals surface area contributed by atoms with E-state index in [1.54, 1.807) is 134 Å². The van der Waals surface area contributed by atoms with Gasteiger partial charge in [0.15, 0.2) is 0 Å². The maximum absolute atomic E-state index is 10.7. The molecule has 0 saturated carbocycles. The second-order valence-corrected chi connectivity index (χ2v) is 32.2. The van der Waals surface area contributed by atoms with E-state index < -0.39 is 9.85 Å². The van der Waals surface area contributed by atoms with Gasteiger partial charge in [0.25, 0.3) is 11.4 Å². The molecule has 0 saturated heterocycles. The van der Waals surface area contributed by atoms with Crippen molar-refractivity contribution >= 4 is 167 Å². The maximum Gasteiger partial charge on any atom is 0.270 e. The minimum atomic E-state index is -0.577. The number of anilines is 2. The van der Waals surface area contributed by atoms with Crippen LogP contribution < -0.4 is 9.80 Å². The van der Waals surface area contributed by atoms with Crippen molar-refractivity contribution in [3.05, 3.63) is 323 Å². The first kappa shape index (κ1) is 113. The van der Waals surface area contributed by atoms with Crippen LogP contribution in [0.1, 0.15) is 66.8 Å². The van der Waals surface area contributed by atoms with E-state index in [0.29, 0.717) is 127 Å². The van der Waals surface area contributed by atoms with Gasteiger partial charge >= 0.3 is 0 Å². The number of nitro benzene ring substituents is 2. The van der Waals surface area contributed by atoms with Crippen LogP contribution in [-0.4, -0.2) is 273 Å². The number of benzene rings is 12. The fourth-order valence-electron chi connectivity index (χ4n) is 11.3. The van der Waals surface area contributed by atoms with Crippen molar-refractivity contribution in [3.8, 4) is 92.0 Å². The summed E-state index contributed by atoms with van der Waals surface area (Å²) in [5, 5.41) is 178. The zero-order valence-electron chi connectivity index (χ0n) is 76.3. The maximum atomic E-state index is 10.7. The molecule has 0 aliphatic heterocycles. The number of nitrogens with zero attached hydrogens (tertiary/aromatic N) is 16. The van der Waals surface area contributed by atoms with E-state index in [1.165, 1.54) is 98.0 Å². The van der Waals surface area contributed by atoms with Gasteiger partial charge in [0.2, 0.25) is 0 Å². The first-order valence-corrected chi connectivity index (χ1v) is 44.5. The summed E-state index contributed by atoms with van der Waals surface area (Å²) < 4.78 is 0. The largest absolute Gasteiger partial charge is 0.508 e. The van der Waals surface area contributed by atoms with Crippen LogP contribution in [0.4, 0.5) is 22.7 Å². The standard InChI is InChI=1S/C20H26N4O2.3C16H14Cl2N2O2.C16H14N4O6.C16H16N2O6/c1-23(2)17-7-5-15(19(25)11-17)13-21-9-10-22-14-16-6-8-18(24(3)4)12-20(16)26;17-13-1-3-15(21)11(7-13)9-19-5-6-20-10-12-8-14(18)2-4-16(12)22;17-13-3-1-11(15(21)7-13)9-19-5-6-20-10-12-2-4-14(18)8-16(12)22;17-13-3-1-5-15(21)11(13)9-19-7-8-20-10-12-14(18)4-2-6-16(12)22;21-15-3-1-13(19(23)24)7-11(15)9-17-5-6-18-10-12-8-14(20(25)26)2-4-16(12)22;19-9-3-13(21)11(14(22)4-9)7-17-1-2-18-8-12-15(23)5-10(20)6-16(12)24/h5-8,11-14,25-26H,9-10H2,1-4H3;2*1-4,7-10,21-22H,5-6H2;1-6,9-10,21-22H,7-8H2;1-4,7-10,21-22H,5-6H2;3-8,19-24H,1-2H2. The number of aliphatic imine (C=N–C) groups is 12. The van der Waals surface area contributed by atoms with Crippen LogP contribution >= 0.6 is 69.6 Å². The minimum absolute atomic E-state index is 0.0746. The van der Waals surface area contributed by atoms with E-state index in [1.807, 2.05) is 62.3 Å². The van der Waals surface area contributed by atoms with Crippen LogP contribution in [0.2, 0.25) is 30.1 Å². The summed E-state index contributed by atoms with van der Waals surface area (Å²) in [6.07, 6.45) is 17.6. The average molecular weight is 2060 g/mol. The molecule has 0 radical (unpaired) electrons. The van der Waals surface area contributed by atoms with Crippen LogP contribution in [0.5, 0.6) is 92.0 Å². The normalized spacial score (nSPS) is 11.5. The Balaban J connectivity index is 0.000000232. The highest BCUT2D eigenvalue weighted by Crippen LogP contribution is 2.35. The highest BCUT2D eigenvalue weighted by Gasteiger charge is 2.15. The Morgan fingerprint density at radius 2 is 0.458 bits per heavy atom. The van der Waals surface area contributed by atoms with Crippen molar-refractivity contribution in [2.75, 3.05) is 117 Å². The SMILES string of the molecule is CN(C)c1ccc(C=NCCN=Cc2ccc(N(C)C)cc2O)c(O)c1.O=[N+]([O-])c1ccc(O)c(C=NCCN=Cc2cc([N+](=O)[O-])ccc2O)c1.Oc1cc(Cl)ccc1C=NCCN=Cc1ccc(Cl)cc1O.Oc1cc(O)c(C=NCCN=Cc2c(O)cc(O)cc2O)c(O)c1.Oc1ccc(Cl)cc1C=NCCN=Cc1cc(Cl)ccc1O.Oc1cccc(Cl)c1C=NCCN=Cc1c(O)cccc1Cl. The Bertz CT molecular complexity index is 6200. The fourth-order valence-corrected chi connectivity index (χ4v) is 12.4. The number of rotatable bonds is 34. The predicted molar refractivity (Wildman–Crippen MR) is 565 cm³/mol. The monoisotopic (exact) mass is 2050 g/mol. The molecule has 12 aromatic rings. The molecule has 0 bridgehead atoms. The van der Waals surface area contributed by atoms with Gasteiger partial charge in [-0.1, -0.05) is 81.7 Å². The highest BCUT2D eigenvalue weighted by molar-refractivity contribution is 6.34. The fraction of sp³-hybridized carbons (Fsp3) is 0.160. The molecule has 0 unspecified atom stereocenters. The lowest BCUT2D eigenvalue weighted by atomic mass is 10.2. The second-order valence-electron chi connectivity index (χ2n) is 29.7. The van der Waals surface area contributed by atoms with Gasteiger partial charge in [-0.25, -0.2) is 0 Å². The number of hydrogen-bond donors (Lipinski definition) is 16. The molecule has 0 aliphatic rings. The zero-order chi connectivity index (χ0) is 104. The molecular weight excluding hydrogens is 1960 g/mol. The molecule has 0 amide bonds. The van der Waals surface area contributed by atoms with Crippen molar-refractivity contribution in [3.63, 3.8) is 0 Å². The second kappa shape index (κ2) is 59.0. The van der Waals surface area contributed by atoms with Gasteiger partial charge in [-0.3, -0.25) is 80.1 Å². The van der Waals surface area contributed by atoms with E-state index in [0.717, 1.165) is 35.6 Å². The van der Waals surface area contributed by atoms with E-state index in [4.69, 9.17) is 69.6 Å². The van der Waals surface area contributed by atoms with Crippen molar-refractivity contribution in [1.29, 1.82) is 0 Å². The molecule has 0 aliphatic carbocycles. The van der Waals surface area contributed by atoms with Crippen molar-refractivity contribution < 1.29 is 91.6 Å². The molecule has 740 valence electrons. The third-order valence-electron chi connectivity index (χ3n) is 18.6. The number of nitro groups is 2. The molecule has 0 aromatic heterocycles. The highest BCUT2D eigenvalue weighted by atomic mass is 35.5. The summed E-state index contributed by atoms with van der Waals surface area (Å²) in [6.45, 7) is 4.55. The topological polar surface area (TPSA) is 565 Å². The Kier molecular flexibility index (Phi) is 46.8. The third kappa shape index (κ3) is 39.2. The lowest BCUT2D eigenvalue weighted by Crippen LogP contribution is -2.08. The van der Waals surface area contributed by atoms with E-state index >= 15 is 0 Å². The lowest BCUT2D eigenvalue weighted by molar-refractivity contribution is -0.385. The molecule has 42 heteroatoms. The smallest absolute Gasteiger partial charge is 0.270 e. The third-order valence-corrected chi connectivity index (χ3v) is 20.2. The van der Waals surface area contributed by atoms with Crippen molar-refractivity contribution in [2.45, 2.75) is 0 Å². The number of phenols is 16. The van der Waals surface area contributed by atoms with Crippen LogP contribution in [0.3, 0.4) is 0 Å². The summed E-state index contributed by atoms with van der Waals surface area (Å²) in [7, 11) is 7.69. The Morgan fingerprint density at radius 3 is 0.711 bits per heavy atom. The summed E-state index contributed by atoms with van der Waals surface area (Å²) in [5.41, 5.74) is 6.75. The van der Waals surface area contributed by atoms with Gasteiger partial charge in [-0.15, -0.1) is 0 Å². The molecule has 16 N–H and O–H groups in total.